The molecule has 7 heteroatoms. The largest absolute Gasteiger partial charge is 0.366 e. The van der Waals surface area contributed by atoms with Crippen molar-refractivity contribution in [3.63, 3.8) is 0 Å². The van der Waals surface area contributed by atoms with E-state index in [-0.39, 0.29) is 4.47 Å². The summed E-state index contributed by atoms with van der Waals surface area (Å²) >= 11 is 2.67. The van der Waals surface area contributed by atoms with Crippen molar-refractivity contribution in [3.8, 4) is 0 Å². The van der Waals surface area contributed by atoms with Crippen molar-refractivity contribution in [3.05, 3.63) is 33.3 Å². The Labute approximate surface area is 91.4 Å². The van der Waals surface area contributed by atoms with E-state index in [0.29, 0.717) is 0 Å². The molecule has 1 aromatic carbocycles. The van der Waals surface area contributed by atoms with Crippen molar-refractivity contribution in [2.45, 2.75) is 0 Å². The van der Waals surface area contributed by atoms with E-state index in [9.17, 15) is 18.4 Å². The Balaban J connectivity index is 3.65. The van der Waals surface area contributed by atoms with E-state index in [4.69, 9.17) is 11.5 Å². The first-order chi connectivity index (χ1) is 6.86. The van der Waals surface area contributed by atoms with Crippen LogP contribution in [0.3, 0.4) is 0 Å². The van der Waals surface area contributed by atoms with Crippen LogP contribution in [0.1, 0.15) is 20.7 Å². The molecule has 0 unspecified atom stereocenters. The van der Waals surface area contributed by atoms with E-state index in [2.05, 4.69) is 15.9 Å². The molecule has 0 spiro atoms. The molecule has 0 aliphatic heterocycles. The van der Waals surface area contributed by atoms with Gasteiger partial charge in [0.25, 0.3) is 5.91 Å². The third-order valence-electron chi connectivity index (χ3n) is 1.67. The monoisotopic (exact) mass is 278 g/mol. The number of rotatable bonds is 2. The van der Waals surface area contributed by atoms with E-state index in [0.717, 1.165) is 6.07 Å². The molecule has 0 atom stereocenters. The molecule has 0 aliphatic carbocycles. The molecule has 0 radical (unpaired) electrons. The molecule has 0 saturated heterocycles. The van der Waals surface area contributed by atoms with Gasteiger partial charge in [-0.15, -0.1) is 0 Å². The van der Waals surface area contributed by atoms with Crippen molar-refractivity contribution < 1.29 is 18.4 Å². The molecule has 0 aliphatic rings. The summed E-state index contributed by atoms with van der Waals surface area (Å²) in [6.07, 6.45) is 0. The molecule has 1 rings (SSSR count). The van der Waals surface area contributed by atoms with E-state index >= 15 is 0 Å². The minimum atomic E-state index is -1.49. The van der Waals surface area contributed by atoms with Crippen molar-refractivity contribution in [1.82, 2.24) is 0 Å². The fourth-order valence-electron chi connectivity index (χ4n) is 1.03. The van der Waals surface area contributed by atoms with E-state index in [1.54, 1.807) is 0 Å². The maximum absolute atomic E-state index is 13.2. The summed E-state index contributed by atoms with van der Waals surface area (Å²) in [7, 11) is 0. The first kappa shape index (κ1) is 11.6. The standard InChI is InChI=1S/C8H5BrF2N2O2/c9-3-1-2(7(12)14)4(8(13)15)6(11)5(3)10/h1H,(H2,12,14)(H2,13,15). The molecule has 2 amide bonds. The van der Waals surface area contributed by atoms with Gasteiger partial charge in [-0.05, 0) is 22.0 Å². The molecule has 0 fully saturated rings. The third kappa shape index (κ3) is 1.96. The summed E-state index contributed by atoms with van der Waals surface area (Å²) in [4.78, 5) is 21.6. The topological polar surface area (TPSA) is 86.2 Å². The number of carbonyl (C=O) groups is 2. The number of hydrogen-bond acceptors (Lipinski definition) is 2. The van der Waals surface area contributed by atoms with Gasteiger partial charge in [-0.25, -0.2) is 8.78 Å². The SMILES string of the molecule is NC(=O)c1cc(Br)c(F)c(F)c1C(N)=O. The van der Waals surface area contributed by atoms with Gasteiger partial charge in [-0.1, -0.05) is 0 Å². The molecule has 0 heterocycles. The Morgan fingerprint density at radius 2 is 1.67 bits per heavy atom. The molecule has 0 bridgehead atoms. The predicted molar refractivity (Wildman–Crippen MR) is 51.1 cm³/mol. The van der Waals surface area contributed by atoms with Crippen molar-refractivity contribution in [2.75, 3.05) is 0 Å². The number of benzene rings is 1. The first-order valence-corrected chi connectivity index (χ1v) is 4.42. The van der Waals surface area contributed by atoms with Crippen LogP contribution in [-0.2, 0) is 0 Å². The zero-order valence-corrected chi connectivity index (χ0v) is 8.77. The average molecular weight is 279 g/mol. The fraction of sp³-hybridized carbons (Fsp3) is 0. The highest BCUT2D eigenvalue weighted by atomic mass is 79.9. The lowest BCUT2D eigenvalue weighted by Crippen LogP contribution is -2.23. The lowest BCUT2D eigenvalue weighted by molar-refractivity contribution is 0.0963. The molecule has 0 aromatic heterocycles. The third-order valence-corrected chi connectivity index (χ3v) is 2.25. The Kier molecular flexibility index (Phi) is 3.04. The van der Waals surface area contributed by atoms with Gasteiger partial charge in [0, 0.05) is 0 Å². The van der Waals surface area contributed by atoms with Gasteiger partial charge in [0.05, 0.1) is 15.6 Å². The van der Waals surface area contributed by atoms with E-state index < -0.39 is 34.6 Å². The second kappa shape index (κ2) is 3.93. The fourth-order valence-corrected chi connectivity index (χ4v) is 1.43. The molecule has 80 valence electrons. The second-order valence-corrected chi connectivity index (χ2v) is 3.49. The Bertz CT molecular complexity index is 462. The highest BCUT2D eigenvalue weighted by molar-refractivity contribution is 9.10. The van der Waals surface area contributed by atoms with E-state index in [1.807, 2.05) is 0 Å². The number of nitrogens with two attached hydrogens (primary N) is 2. The normalized spacial score (nSPS) is 10.1. The maximum atomic E-state index is 13.2. The zero-order chi connectivity index (χ0) is 11.7. The summed E-state index contributed by atoms with van der Waals surface area (Å²) in [6.45, 7) is 0. The quantitative estimate of drug-likeness (QED) is 0.789. The number of hydrogen-bond donors (Lipinski definition) is 2. The molecular weight excluding hydrogens is 274 g/mol. The highest BCUT2D eigenvalue weighted by Gasteiger charge is 2.23. The second-order valence-electron chi connectivity index (χ2n) is 2.64. The predicted octanol–water partition coefficient (Wildman–Crippen LogP) is 0.925. The van der Waals surface area contributed by atoms with Crippen LogP contribution in [0.25, 0.3) is 0 Å². The van der Waals surface area contributed by atoms with Gasteiger partial charge in [0.1, 0.15) is 0 Å². The lowest BCUT2D eigenvalue weighted by atomic mass is 10.1. The van der Waals surface area contributed by atoms with Gasteiger partial charge >= 0.3 is 0 Å². The summed E-state index contributed by atoms with van der Waals surface area (Å²) in [5, 5.41) is 0. The van der Waals surface area contributed by atoms with Crippen molar-refractivity contribution in [2.24, 2.45) is 11.5 Å². The summed E-state index contributed by atoms with van der Waals surface area (Å²) in [5.74, 6) is -5.12. The van der Waals surface area contributed by atoms with Gasteiger partial charge in [-0.2, -0.15) is 0 Å². The van der Waals surface area contributed by atoms with Crippen LogP contribution >= 0.6 is 15.9 Å². The molecule has 15 heavy (non-hydrogen) atoms. The van der Waals surface area contributed by atoms with Gasteiger partial charge in [0.2, 0.25) is 5.91 Å². The van der Waals surface area contributed by atoms with Gasteiger partial charge in [0.15, 0.2) is 11.6 Å². The zero-order valence-electron chi connectivity index (χ0n) is 7.18. The number of amides is 2. The minimum Gasteiger partial charge on any atom is -0.366 e. The van der Waals surface area contributed by atoms with E-state index in [1.165, 1.54) is 0 Å². The van der Waals surface area contributed by atoms with Crippen LogP contribution in [0.15, 0.2) is 10.5 Å². The highest BCUT2D eigenvalue weighted by Crippen LogP contribution is 2.24. The Morgan fingerprint density at radius 3 is 2.07 bits per heavy atom. The Morgan fingerprint density at radius 1 is 1.13 bits per heavy atom. The van der Waals surface area contributed by atoms with Crippen LogP contribution in [0, 0.1) is 11.6 Å². The maximum Gasteiger partial charge on any atom is 0.252 e. The van der Waals surface area contributed by atoms with Crippen molar-refractivity contribution >= 4 is 27.7 Å². The molecular formula is C8H5BrF2N2O2. The summed E-state index contributed by atoms with van der Waals surface area (Å²) in [6, 6.07) is 0.904. The van der Waals surface area contributed by atoms with Crippen LogP contribution in [-0.4, -0.2) is 11.8 Å². The van der Waals surface area contributed by atoms with Crippen LogP contribution in [0.4, 0.5) is 8.78 Å². The number of halogens is 3. The van der Waals surface area contributed by atoms with Crippen LogP contribution in [0.5, 0.6) is 0 Å². The molecule has 0 saturated carbocycles. The number of carbonyl (C=O) groups excluding carboxylic acids is 2. The number of primary amides is 2. The summed E-state index contributed by atoms with van der Waals surface area (Å²) < 4.78 is 25.9. The molecule has 4 N–H and O–H groups in total. The Hall–Kier alpha value is -1.50. The van der Waals surface area contributed by atoms with Gasteiger partial charge < -0.3 is 11.5 Å². The first-order valence-electron chi connectivity index (χ1n) is 3.63. The molecule has 1 aromatic rings. The lowest BCUT2D eigenvalue weighted by Gasteiger charge is -2.06. The minimum absolute atomic E-state index is 0.307. The smallest absolute Gasteiger partial charge is 0.252 e. The summed E-state index contributed by atoms with van der Waals surface area (Å²) in [5.41, 5.74) is 8.38. The van der Waals surface area contributed by atoms with Crippen LogP contribution in [0.2, 0.25) is 0 Å². The van der Waals surface area contributed by atoms with Crippen LogP contribution < -0.4 is 11.5 Å². The van der Waals surface area contributed by atoms with Crippen molar-refractivity contribution in [1.29, 1.82) is 0 Å². The van der Waals surface area contributed by atoms with Gasteiger partial charge in [-0.3, -0.25) is 9.59 Å². The molecule has 4 nitrogen and oxygen atoms in total. The average Bonchev–Trinajstić information content (AvgIpc) is 2.12.